The predicted molar refractivity (Wildman–Crippen MR) is 60.5 cm³/mol. The van der Waals surface area contributed by atoms with Gasteiger partial charge in [0.2, 0.25) is 0 Å². The van der Waals surface area contributed by atoms with Gasteiger partial charge in [0.1, 0.15) is 5.58 Å². The standard InChI is InChI=1S/C12H11ClO3/c13-11-7-9-6-8(2-3-10(9)16-11)12-14-4-1-5-15-12/h2-3,6-7,12H,1,4-5H2. The molecular weight excluding hydrogens is 228 g/mol. The number of hydrogen-bond acceptors (Lipinski definition) is 3. The fraction of sp³-hybridized carbons (Fsp3) is 0.333. The van der Waals surface area contributed by atoms with Crippen LogP contribution >= 0.6 is 11.6 Å². The first-order chi connectivity index (χ1) is 7.83. The Bertz CT molecular complexity index is 500. The average Bonchev–Trinajstić information content (AvgIpc) is 2.69. The summed E-state index contributed by atoms with van der Waals surface area (Å²) in [6, 6.07) is 7.61. The molecule has 1 fully saturated rings. The number of fused-ring (bicyclic) bond motifs is 1. The number of furan rings is 1. The number of benzene rings is 1. The van der Waals surface area contributed by atoms with Gasteiger partial charge in [0.15, 0.2) is 11.5 Å². The van der Waals surface area contributed by atoms with Crippen molar-refractivity contribution >= 4 is 22.6 Å². The normalized spacial score (nSPS) is 18.1. The summed E-state index contributed by atoms with van der Waals surface area (Å²) in [5.74, 6) is 0. The fourth-order valence-corrected chi connectivity index (χ4v) is 2.06. The van der Waals surface area contributed by atoms with Crippen molar-refractivity contribution in [3.63, 3.8) is 0 Å². The van der Waals surface area contributed by atoms with Gasteiger partial charge in [-0.05, 0) is 30.2 Å². The third kappa shape index (κ3) is 1.82. The van der Waals surface area contributed by atoms with E-state index < -0.39 is 0 Å². The Morgan fingerprint density at radius 1 is 1.12 bits per heavy atom. The minimum Gasteiger partial charge on any atom is -0.445 e. The molecule has 0 atom stereocenters. The summed E-state index contributed by atoms with van der Waals surface area (Å²) in [5.41, 5.74) is 1.79. The van der Waals surface area contributed by atoms with Crippen molar-refractivity contribution in [3.8, 4) is 0 Å². The molecule has 0 radical (unpaired) electrons. The zero-order valence-electron chi connectivity index (χ0n) is 8.61. The Labute approximate surface area is 97.9 Å². The number of hydrogen-bond donors (Lipinski definition) is 0. The van der Waals surface area contributed by atoms with Crippen molar-refractivity contribution in [2.24, 2.45) is 0 Å². The maximum Gasteiger partial charge on any atom is 0.194 e. The first-order valence-corrected chi connectivity index (χ1v) is 5.63. The molecule has 0 N–H and O–H groups in total. The van der Waals surface area contributed by atoms with Crippen LogP contribution in [0.4, 0.5) is 0 Å². The molecule has 3 rings (SSSR count). The molecule has 0 aliphatic carbocycles. The molecule has 84 valence electrons. The molecule has 0 spiro atoms. The average molecular weight is 239 g/mol. The summed E-state index contributed by atoms with van der Waals surface area (Å²) >= 11 is 5.79. The van der Waals surface area contributed by atoms with Gasteiger partial charge in [0, 0.05) is 17.0 Å². The molecule has 2 heterocycles. The van der Waals surface area contributed by atoms with E-state index >= 15 is 0 Å². The highest BCUT2D eigenvalue weighted by Crippen LogP contribution is 2.29. The molecule has 1 aliphatic heterocycles. The molecule has 3 nitrogen and oxygen atoms in total. The van der Waals surface area contributed by atoms with Crippen LogP contribution in [0, 0.1) is 0 Å². The molecule has 0 saturated carbocycles. The quantitative estimate of drug-likeness (QED) is 0.762. The summed E-state index contributed by atoms with van der Waals surface area (Å²) in [6.45, 7) is 1.49. The Morgan fingerprint density at radius 2 is 1.94 bits per heavy atom. The van der Waals surface area contributed by atoms with Crippen LogP contribution in [0.3, 0.4) is 0 Å². The zero-order valence-corrected chi connectivity index (χ0v) is 9.37. The van der Waals surface area contributed by atoms with E-state index in [4.69, 9.17) is 25.5 Å². The van der Waals surface area contributed by atoms with Crippen LogP contribution in [0.25, 0.3) is 11.0 Å². The van der Waals surface area contributed by atoms with Crippen molar-refractivity contribution in [1.82, 2.24) is 0 Å². The van der Waals surface area contributed by atoms with Crippen molar-refractivity contribution in [2.45, 2.75) is 12.7 Å². The van der Waals surface area contributed by atoms with Gasteiger partial charge in [-0.15, -0.1) is 0 Å². The van der Waals surface area contributed by atoms with Gasteiger partial charge in [-0.1, -0.05) is 6.07 Å². The summed E-state index contributed by atoms with van der Waals surface area (Å²) in [6.07, 6.45) is 0.697. The van der Waals surface area contributed by atoms with Crippen LogP contribution < -0.4 is 0 Å². The molecular formula is C12H11ClO3. The zero-order chi connectivity index (χ0) is 11.0. The lowest BCUT2D eigenvalue weighted by Crippen LogP contribution is -2.17. The molecule has 2 aromatic rings. The van der Waals surface area contributed by atoms with Gasteiger partial charge < -0.3 is 13.9 Å². The van der Waals surface area contributed by atoms with Gasteiger partial charge in [-0.3, -0.25) is 0 Å². The Hall–Kier alpha value is -1.03. The molecule has 1 aliphatic rings. The van der Waals surface area contributed by atoms with E-state index in [1.165, 1.54) is 0 Å². The van der Waals surface area contributed by atoms with Crippen LogP contribution in [-0.2, 0) is 9.47 Å². The highest BCUT2D eigenvalue weighted by molar-refractivity contribution is 6.29. The molecule has 1 aromatic heterocycles. The first kappa shape index (κ1) is 10.1. The van der Waals surface area contributed by atoms with E-state index in [0.717, 1.165) is 36.2 Å². The van der Waals surface area contributed by atoms with Gasteiger partial charge >= 0.3 is 0 Å². The van der Waals surface area contributed by atoms with Crippen molar-refractivity contribution in [3.05, 3.63) is 35.0 Å². The minimum atomic E-state index is -0.258. The van der Waals surface area contributed by atoms with E-state index in [2.05, 4.69) is 0 Å². The van der Waals surface area contributed by atoms with Gasteiger partial charge in [0.05, 0.1) is 13.2 Å². The second-order valence-corrected chi connectivity index (χ2v) is 4.15. The predicted octanol–water partition coefficient (Wildman–Crippen LogP) is 3.52. The molecule has 1 saturated heterocycles. The smallest absolute Gasteiger partial charge is 0.194 e. The van der Waals surface area contributed by atoms with Crippen molar-refractivity contribution in [2.75, 3.05) is 13.2 Å². The lowest BCUT2D eigenvalue weighted by atomic mass is 10.1. The SMILES string of the molecule is Clc1cc2cc(C3OCCCO3)ccc2o1. The van der Waals surface area contributed by atoms with Crippen molar-refractivity contribution < 1.29 is 13.9 Å². The fourth-order valence-electron chi connectivity index (χ4n) is 1.86. The summed E-state index contributed by atoms with van der Waals surface area (Å²) < 4.78 is 16.4. The molecule has 0 unspecified atom stereocenters. The highest BCUT2D eigenvalue weighted by Gasteiger charge is 2.17. The molecule has 0 bridgehead atoms. The lowest BCUT2D eigenvalue weighted by molar-refractivity contribution is -0.182. The number of ether oxygens (including phenoxy) is 2. The third-order valence-corrected chi connectivity index (χ3v) is 2.80. The van der Waals surface area contributed by atoms with Crippen LogP contribution in [0.15, 0.2) is 28.7 Å². The molecule has 1 aromatic carbocycles. The van der Waals surface area contributed by atoms with Crippen LogP contribution in [-0.4, -0.2) is 13.2 Å². The lowest BCUT2D eigenvalue weighted by Gasteiger charge is -2.23. The maximum atomic E-state index is 5.79. The van der Waals surface area contributed by atoms with Gasteiger partial charge in [-0.25, -0.2) is 0 Å². The summed E-state index contributed by atoms with van der Waals surface area (Å²) in [4.78, 5) is 0. The van der Waals surface area contributed by atoms with Gasteiger partial charge in [0.25, 0.3) is 0 Å². The third-order valence-electron chi connectivity index (χ3n) is 2.61. The molecule has 0 amide bonds. The highest BCUT2D eigenvalue weighted by atomic mass is 35.5. The van der Waals surface area contributed by atoms with Gasteiger partial charge in [-0.2, -0.15) is 0 Å². The Balaban J connectivity index is 1.97. The van der Waals surface area contributed by atoms with Crippen molar-refractivity contribution in [1.29, 1.82) is 0 Å². The number of rotatable bonds is 1. The first-order valence-electron chi connectivity index (χ1n) is 5.25. The van der Waals surface area contributed by atoms with Crippen LogP contribution in [0.5, 0.6) is 0 Å². The largest absolute Gasteiger partial charge is 0.445 e. The maximum absolute atomic E-state index is 5.79. The molecule has 4 heteroatoms. The monoisotopic (exact) mass is 238 g/mol. The molecule has 16 heavy (non-hydrogen) atoms. The van der Waals surface area contributed by atoms with E-state index in [9.17, 15) is 0 Å². The number of halogens is 1. The minimum absolute atomic E-state index is 0.258. The second kappa shape index (κ2) is 4.09. The van der Waals surface area contributed by atoms with Crippen LogP contribution in [0.2, 0.25) is 5.22 Å². The second-order valence-electron chi connectivity index (χ2n) is 3.77. The topological polar surface area (TPSA) is 31.6 Å². The Kier molecular flexibility index (Phi) is 2.59. The summed E-state index contributed by atoms with van der Waals surface area (Å²) in [5, 5.41) is 1.37. The van der Waals surface area contributed by atoms with Crippen LogP contribution in [0.1, 0.15) is 18.3 Å². The summed E-state index contributed by atoms with van der Waals surface area (Å²) in [7, 11) is 0. The van der Waals surface area contributed by atoms with E-state index in [-0.39, 0.29) is 6.29 Å². The Morgan fingerprint density at radius 3 is 2.75 bits per heavy atom. The van der Waals surface area contributed by atoms with E-state index in [0.29, 0.717) is 5.22 Å². The van der Waals surface area contributed by atoms with E-state index in [1.807, 2.05) is 18.2 Å². The van der Waals surface area contributed by atoms with E-state index in [1.54, 1.807) is 6.07 Å².